The van der Waals surface area contributed by atoms with E-state index in [2.05, 4.69) is 20.8 Å². The van der Waals surface area contributed by atoms with E-state index in [0.717, 1.165) is 19.3 Å². The van der Waals surface area contributed by atoms with E-state index in [1.165, 1.54) is 173 Å². The van der Waals surface area contributed by atoms with Crippen LogP contribution in [0.1, 0.15) is 220 Å². The van der Waals surface area contributed by atoms with E-state index in [9.17, 15) is 4.79 Å². The maximum atomic E-state index is 12.6. The Labute approximate surface area is 330 Å². The van der Waals surface area contributed by atoms with Gasteiger partial charge in [-0.3, -0.25) is 4.79 Å². The van der Waals surface area contributed by atoms with Gasteiger partial charge < -0.3 is 28.6 Å². The molecule has 1 aliphatic heterocycles. The van der Waals surface area contributed by atoms with Gasteiger partial charge in [-0.15, -0.1) is 0 Å². The van der Waals surface area contributed by atoms with E-state index < -0.39 is 12.4 Å². The van der Waals surface area contributed by atoms with Crippen LogP contribution in [-0.4, -0.2) is 82.5 Å². The van der Waals surface area contributed by atoms with Crippen LogP contribution in [0.25, 0.3) is 0 Å². The standard InChI is InChI=1S/C46H91NO6/c1-6-9-12-15-18-21-24-27-30-33-38-49-44-42(41-52-43(48)36-37-47(4)5)53-46(51-40-35-32-29-26-23-20-17-14-11-8-3)45(44)50-39-34-31-28-25-22-19-16-13-10-7-2/h42,44-46H,6-41H2,1-5H3/t42-,44+,45?,46-/m1/s1. The van der Waals surface area contributed by atoms with Crippen molar-refractivity contribution in [2.75, 3.05) is 47.1 Å². The number of hydrogen-bond donors (Lipinski definition) is 0. The summed E-state index contributed by atoms with van der Waals surface area (Å²) in [6.45, 7) is 9.67. The molecule has 0 bridgehead atoms. The lowest BCUT2D eigenvalue weighted by Gasteiger charge is -2.25. The van der Waals surface area contributed by atoms with E-state index in [0.29, 0.717) is 32.8 Å². The summed E-state index contributed by atoms with van der Waals surface area (Å²) in [7, 11) is 3.94. The van der Waals surface area contributed by atoms with Crippen molar-refractivity contribution in [1.29, 1.82) is 0 Å². The Hall–Kier alpha value is -0.730. The first-order valence-electron chi connectivity index (χ1n) is 23.3. The molecule has 53 heavy (non-hydrogen) atoms. The Balaban J connectivity index is 2.67. The first-order chi connectivity index (χ1) is 26.0. The van der Waals surface area contributed by atoms with Gasteiger partial charge >= 0.3 is 5.97 Å². The fourth-order valence-electron chi connectivity index (χ4n) is 7.31. The number of hydrogen-bond acceptors (Lipinski definition) is 7. The predicted molar refractivity (Wildman–Crippen MR) is 224 cm³/mol. The molecule has 0 aromatic carbocycles. The molecule has 0 radical (unpaired) electrons. The molecule has 1 fully saturated rings. The number of unbranched alkanes of at least 4 members (excludes halogenated alkanes) is 27. The van der Waals surface area contributed by atoms with Crippen molar-refractivity contribution in [3.63, 3.8) is 0 Å². The SMILES string of the molecule is CCCCCCCCCCCCOC1[C@H](OCCCCCCCCCCCC)O[C@H](COC(=O)CCN(C)C)[C@@H]1OCCCCCCCCCCCC. The van der Waals surface area contributed by atoms with Crippen LogP contribution in [0.3, 0.4) is 0 Å². The largest absolute Gasteiger partial charge is 0.463 e. The van der Waals surface area contributed by atoms with Gasteiger partial charge in [-0.2, -0.15) is 0 Å². The number of ether oxygens (including phenoxy) is 5. The molecule has 7 heteroatoms. The van der Waals surface area contributed by atoms with E-state index >= 15 is 0 Å². The molecule has 0 aliphatic carbocycles. The summed E-state index contributed by atoms with van der Waals surface area (Å²) in [4.78, 5) is 14.6. The van der Waals surface area contributed by atoms with Gasteiger partial charge in [0.15, 0.2) is 6.29 Å². The molecule has 1 rings (SSSR count). The monoisotopic (exact) mass is 754 g/mol. The Morgan fingerprint density at radius 2 is 0.811 bits per heavy atom. The van der Waals surface area contributed by atoms with Gasteiger partial charge in [-0.1, -0.05) is 194 Å². The first-order valence-corrected chi connectivity index (χ1v) is 23.3. The third-order valence-corrected chi connectivity index (χ3v) is 10.8. The molecule has 0 N–H and O–H groups in total. The minimum atomic E-state index is -0.500. The van der Waals surface area contributed by atoms with Gasteiger partial charge in [0.05, 0.1) is 6.42 Å². The Kier molecular flexibility index (Phi) is 36.2. The lowest BCUT2D eigenvalue weighted by molar-refractivity contribution is -0.184. The molecule has 316 valence electrons. The summed E-state index contributed by atoms with van der Waals surface area (Å²) in [6.07, 6.45) is 37.6. The zero-order valence-corrected chi connectivity index (χ0v) is 36.2. The normalized spacial score (nSPS) is 18.8. The second-order valence-electron chi connectivity index (χ2n) is 16.4. The van der Waals surface area contributed by atoms with Crippen molar-refractivity contribution in [3.05, 3.63) is 0 Å². The van der Waals surface area contributed by atoms with E-state index in [1.807, 2.05) is 19.0 Å². The molecular weight excluding hydrogens is 663 g/mol. The van der Waals surface area contributed by atoms with Gasteiger partial charge in [0.1, 0.15) is 24.9 Å². The average Bonchev–Trinajstić information content (AvgIpc) is 3.48. The second kappa shape index (κ2) is 38.2. The number of esters is 1. The molecule has 1 heterocycles. The van der Waals surface area contributed by atoms with Crippen molar-refractivity contribution < 1.29 is 28.5 Å². The van der Waals surface area contributed by atoms with Crippen LogP contribution in [0.4, 0.5) is 0 Å². The number of nitrogens with zero attached hydrogens (tertiary/aromatic N) is 1. The van der Waals surface area contributed by atoms with Crippen LogP contribution in [0, 0.1) is 0 Å². The van der Waals surface area contributed by atoms with Crippen molar-refractivity contribution in [1.82, 2.24) is 4.90 Å². The maximum Gasteiger partial charge on any atom is 0.307 e. The van der Waals surface area contributed by atoms with Crippen molar-refractivity contribution in [3.8, 4) is 0 Å². The smallest absolute Gasteiger partial charge is 0.307 e. The molecule has 0 amide bonds. The highest BCUT2D eigenvalue weighted by molar-refractivity contribution is 5.69. The number of carbonyl (C=O) groups is 1. The Bertz CT molecular complexity index is 766. The van der Waals surface area contributed by atoms with Crippen molar-refractivity contribution in [2.45, 2.75) is 244 Å². The molecule has 0 aromatic rings. The molecule has 0 spiro atoms. The molecule has 1 unspecified atom stereocenters. The fraction of sp³-hybridized carbons (Fsp3) is 0.978. The van der Waals surface area contributed by atoms with E-state index in [-0.39, 0.29) is 24.8 Å². The molecule has 0 aromatic heterocycles. The zero-order chi connectivity index (χ0) is 38.5. The van der Waals surface area contributed by atoms with Crippen molar-refractivity contribution in [2.24, 2.45) is 0 Å². The molecule has 4 atom stereocenters. The maximum absolute atomic E-state index is 12.6. The van der Waals surface area contributed by atoms with Gasteiger partial charge in [-0.05, 0) is 33.4 Å². The average molecular weight is 754 g/mol. The van der Waals surface area contributed by atoms with Crippen LogP contribution in [0.15, 0.2) is 0 Å². The van der Waals surface area contributed by atoms with Crippen LogP contribution < -0.4 is 0 Å². The lowest BCUT2D eigenvalue weighted by atomic mass is 10.1. The highest BCUT2D eigenvalue weighted by Gasteiger charge is 2.47. The first kappa shape index (κ1) is 50.3. The van der Waals surface area contributed by atoms with Gasteiger partial charge in [-0.25, -0.2) is 0 Å². The highest BCUT2D eigenvalue weighted by atomic mass is 16.7. The van der Waals surface area contributed by atoms with E-state index in [4.69, 9.17) is 23.7 Å². The predicted octanol–water partition coefficient (Wildman–Crippen LogP) is 12.8. The summed E-state index contributed by atoms with van der Waals surface area (Å²) in [5, 5.41) is 0. The molecule has 1 saturated heterocycles. The van der Waals surface area contributed by atoms with Crippen LogP contribution >= 0.6 is 0 Å². The van der Waals surface area contributed by atoms with E-state index in [1.54, 1.807) is 0 Å². The van der Waals surface area contributed by atoms with Crippen LogP contribution in [-0.2, 0) is 28.5 Å². The third-order valence-electron chi connectivity index (χ3n) is 10.8. The topological polar surface area (TPSA) is 66.5 Å². The van der Waals surface area contributed by atoms with Gasteiger partial charge in [0.25, 0.3) is 0 Å². The number of rotatable bonds is 41. The van der Waals surface area contributed by atoms with Crippen molar-refractivity contribution >= 4 is 5.97 Å². The molecule has 1 aliphatic rings. The summed E-state index contributed by atoms with van der Waals surface area (Å²) < 4.78 is 31.8. The second-order valence-corrected chi connectivity index (χ2v) is 16.4. The quantitative estimate of drug-likeness (QED) is 0.0455. The fourth-order valence-corrected chi connectivity index (χ4v) is 7.31. The van der Waals surface area contributed by atoms with Gasteiger partial charge in [0, 0.05) is 26.4 Å². The molecular formula is C46H91NO6. The Morgan fingerprint density at radius 1 is 0.472 bits per heavy atom. The zero-order valence-electron chi connectivity index (χ0n) is 36.2. The minimum Gasteiger partial charge on any atom is -0.463 e. The minimum absolute atomic E-state index is 0.172. The molecule has 0 saturated carbocycles. The summed E-state index contributed by atoms with van der Waals surface area (Å²) >= 11 is 0. The van der Waals surface area contributed by atoms with Crippen LogP contribution in [0.2, 0.25) is 0 Å². The van der Waals surface area contributed by atoms with Crippen LogP contribution in [0.5, 0.6) is 0 Å². The summed E-state index contributed by atoms with van der Waals surface area (Å²) in [5.74, 6) is -0.201. The lowest BCUT2D eigenvalue weighted by Crippen LogP contribution is -2.40. The Morgan fingerprint density at radius 3 is 1.19 bits per heavy atom. The molecule has 7 nitrogen and oxygen atoms in total. The number of carbonyl (C=O) groups excluding carboxylic acids is 1. The summed E-state index contributed by atoms with van der Waals surface area (Å²) in [5.41, 5.74) is 0. The highest BCUT2D eigenvalue weighted by Crippen LogP contribution is 2.29. The summed E-state index contributed by atoms with van der Waals surface area (Å²) in [6, 6.07) is 0. The third kappa shape index (κ3) is 30.1. The van der Waals surface area contributed by atoms with Gasteiger partial charge in [0.2, 0.25) is 0 Å².